The number of methoxy groups -OCH3 is 1. The van der Waals surface area contributed by atoms with E-state index < -0.39 is 10.0 Å². The zero-order valence-corrected chi connectivity index (χ0v) is 11.0. The Morgan fingerprint density at radius 3 is 2.47 bits per heavy atom. The van der Waals surface area contributed by atoms with Gasteiger partial charge in [0.15, 0.2) is 0 Å². The van der Waals surface area contributed by atoms with Crippen LogP contribution in [-0.4, -0.2) is 32.9 Å². The highest BCUT2D eigenvalue weighted by Gasteiger charge is 2.09. The molecule has 0 aliphatic heterocycles. The Bertz CT molecular complexity index is 483. The highest BCUT2D eigenvalue weighted by atomic mass is 32.2. The number of rotatable bonds is 6. The first-order valence-electron chi connectivity index (χ1n) is 4.84. The number of thiocarbonyl (C=S) groups is 1. The summed E-state index contributed by atoms with van der Waals surface area (Å²) in [5.41, 5.74) is 6.60. The Morgan fingerprint density at radius 2 is 2.00 bits per heavy atom. The molecule has 0 atom stereocenters. The van der Waals surface area contributed by atoms with E-state index in [-0.39, 0.29) is 17.3 Å². The van der Waals surface area contributed by atoms with Gasteiger partial charge in [0.2, 0.25) is 10.0 Å². The second-order valence-electron chi connectivity index (χ2n) is 3.36. The molecule has 0 aliphatic rings. The third-order valence-corrected chi connectivity index (χ3v) is 3.49. The number of sulfonamides is 1. The molecule has 3 N–H and O–H groups in total. The molecule has 0 saturated heterocycles. The molecular weight excluding hydrogens is 260 g/mol. The van der Waals surface area contributed by atoms with Crippen LogP contribution in [0.1, 0.15) is 5.56 Å². The third-order valence-electron chi connectivity index (χ3n) is 2.00. The summed E-state index contributed by atoms with van der Waals surface area (Å²) < 4.78 is 30.2. The van der Waals surface area contributed by atoms with Crippen molar-refractivity contribution >= 4 is 32.9 Å². The van der Waals surface area contributed by atoms with Crippen LogP contribution in [0, 0.1) is 0 Å². The summed E-state index contributed by atoms with van der Waals surface area (Å²) in [4.78, 5) is 0.277. The van der Waals surface area contributed by atoms with Gasteiger partial charge in [0, 0.05) is 18.4 Å². The van der Waals surface area contributed by atoms with Gasteiger partial charge in [-0.3, -0.25) is 4.72 Å². The molecule has 94 valence electrons. The van der Waals surface area contributed by atoms with Gasteiger partial charge in [0.25, 0.3) is 0 Å². The van der Waals surface area contributed by atoms with Crippen LogP contribution in [0.5, 0.6) is 0 Å². The van der Waals surface area contributed by atoms with Gasteiger partial charge in [0.05, 0.1) is 12.4 Å². The minimum atomic E-state index is -3.37. The second kappa shape index (κ2) is 5.95. The average Bonchev–Trinajstić information content (AvgIpc) is 2.26. The van der Waals surface area contributed by atoms with E-state index in [4.69, 9.17) is 22.7 Å². The zero-order valence-electron chi connectivity index (χ0n) is 9.34. The van der Waals surface area contributed by atoms with Gasteiger partial charge in [-0.25, -0.2) is 8.42 Å². The summed E-state index contributed by atoms with van der Waals surface area (Å²) >= 11 is 4.79. The van der Waals surface area contributed by atoms with Crippen LogP contribution in [-0.2, 0) is 14.8 Å². The van der Waals surface area contributed by atoms with E-state index in [2.05, 4.69) is 4.72 Å². The van der Waals surface area contributed by atoms with Crippen LogP contribution in [0.25, 0.3) is 0 Å². The van der Waals surface area contributed by atoms with E-state index in [1.54, 1.807) is 24.3 Å². The monoisotopic (exact) mass is 274 g/mol. The third kappa shape index (κ3) is 4.68. The first-order valence-corrected chi connectivity index (χ1v) is 6.90. The van der Waals surface area contributed by atoms with E-state index in [1.165, 1.54) is 7.11 Å². The molecule has 1 rings (SSSR count). The molecule has 1 aromatic rings. The van der Waals surface area contributed by atoms with Crippen LogP contribution in [0.3, 0.4) is 0 Å². The lowest BCUT2D eigenvalue weighted by molar-refractivity contribution is 0.217. The van der Waals surface area contributed by atoms with Crippen molar-refractivity contribution in [2.45, 2.75) is 0 Å². The molecule has 0 aromatic heterocycles. The van der Waals surface area contributed by atoms with Crippen molar-refractivity contribution in [2.24, 2.45) is 5.73 Å². The van der Waals surface area contributed by atoms with Crippen LogP contribution >= 0.6 is 12.2 Å². The Labute approximate surface area is 106 Å². The molecule has 0 heterocycles. The fourth-order valence-electron chi connectivity index (χ4n) is 1.13. The highest BCUT2D eigenvalue weighted by molar-refractivity contribution is 7.92. The Morgan fingerprint density at radius 1 is 1.41 bits per heavy atom. The first-order chi connectivity index (χ1) is 7.94. The highest BCUT2D eigenvalue weighted by Crippen LogP contribution is 2.11. The smallest absolute Gasteiger partial charge is 0.234 e. The molecule has 0 amide bonds. The summed E-state index contributed by atoms with van der Waals surface area (Å²) in [6.07, 6.45) is 0. The molecule has 0 aliphatic carbocycles. The molecule has 1 aromatic carbocycles. The minimum Gasteiger partial charge on any atom is -0.389 e. The van der Waals surface area contributed by atoms with E-state index in [0.29, 0.717) is 11.3 Å². The van der Waals surface area contributed by atoms with E-state index in [1.807, 2.05) is 0 Å². The summed E-state index contributed by atoms with van der Waals surface area (Å²) in [5.74, 6) is -0.0828. The normalized spacial score (nSPS) is 11.1. The van der Waals surface area contributed by atoms with Crippen molar-refractivity contribution in [3.63, 3.8) is 0 Å². The van der Waals surface area contributed by atoms with Crippen LogP contribution in [0.2, 0.25) is 0 Å². The molecule has 7 heteroatoms. The van der Waals surface area contributed by atoms with Crippen molar-refractivity contribution in [1.29, 1.82) is 0 Å². The SMILES string of the molecule is COCCS(=O)(=O)Nc1ccc(C(N)=S)cc1. The van der Waals surface area contributed by atoms with Gasteiger partial charge >= 0.3 is 0 Å². The fourth-order valence-corrected chi connectivity index (χ4v) is 2.25. The Hall–Kier alpha value is -1.18. The van der Waals surface area contributed by atoms with Gasteiger partial charge < -0.3 is 10.5 Å². The number of anilines is 1. The molecule has 17 heavy (non-hydrogen) atoms. The van der Waals surface area contributed by atoms with Crippen molar-refractivity contribution in [3.8, 4) is 0 Å². The lowest BCUT2D eigenvalue weighted by Crippen LogP contribution is -2.19. The quantitative estimate of drug-likeness (QED) is 0.747. The topological polar surface area (TPSA) is 81.4 Å². The molecular formula is C10H14N2O3S2. The Kier molecular flexibility index (Phi) is 4.86. The van der Waals surface area contributed by atoms with Crippen molar-refractivity contribution in [1.82, 2.24) is 0 Å². The summed E-state index contributed by atoms with van der Waals surface area (Å²) in [6, 6.07) is 6.55. The average molecular weight is 274 g/mol. The molecule has 5 nitrogen and oxygen atoms in total. The summed E-state index contributed by atoms with van der Waals surface area (Å²) in [7, 11) is -1.92. The van der Waals surface area contributed by atoms with E-state index in [9.17, 15) is 8.42 Å². The number of hydrogen-bond donors (Lipinski definition) is 2. The first kappa shape index (κ1) is 13.9. The number of nitrogens with two attached hydrogens (primary N) is 1. The summed E-state index contributed by atoms with van der Waals surface area (Å²) in [6.45, 7) is 0.153. The molecule has 0 bridgehead atoms. The van der Waals surface area contributed by atoms with Gasteiger partial charge in [-0.2, -0.15) is 0 Å². The van der Waals surface area contributed by atoms with Gasteiger partial charge in [-0.05, 0) is 24.3 Å². The van der Waals surface area contributed by atoms with Gasteiger partial charge in [-0.1, -0.05) is 12.2 Å². The maximum atomic E-state index is 11.5. The number of hydrogen-bond acceptors (Lipinski definition) is 4. The maximum Gasteiger partial charge on any atom is 0.234 e. The van der Waals surface area contributed by atoms with Gasteiger partial charge in [0.1, 0.15) is 4.99 Å². The minimum absolute atomic E-state index is 0.0828. The predicted octanol–water partition coefficient (Wildman–Crippen LogP) is 0.709. The van der Waals surface area contributed by atoms with E-state index in [0.717, 1.165) is 0 Å². The molecule has 0 spiro atoms. The van der Waals surface area contributed by atoms with E-state index >= 15 is 0 Å². The lowest BCUT2D eigenvalue weighted by atomic mass is 10.2. The van der Waals surface area contributed by atoms with Crippen molar-refractivity contribution in [3.05, 3.63) is 29.8 Å². The van der Waals surface area contributed by atoms with Gasteiger partial charge in [-0.15, -0.1) is 0 Å². The lowest BCUT2D eigenvalue weighted by Gasteiger charge is -2.08. The predicted molar refractivity (Wildman–Crippen MR) is 71.6 cm³/mol. The molecule has 0 radical (unpaired) electrons. The summed E-state index contributed by atoms with van der Waals surface area (Å²) in [5, 5.41) is 0. The zero-order chi connectivity index (χ0) is 12.9. The fraction of sp³-hybridized carbons (Fsp3) is 0.300. The van der Waals surface area contributed by atoms with Crippen LogP contribution in [0.15, 0.2) is 24.3 Å². The second-order valence-corrected chi connectivity index (χ2v) is 5.64. The van der Waals surface area contributed by atoms with Crippen molar-refractivity contribution in [2.75, 3.05) is 24.2 Å². The van der Waals surface area contributed by atoms with Crippen LogP contribution < -0.4 is 10.5 Å². The number of ether oxygens (including phenoxy) is 1. The van der Waals surface area contributed by atoms with Crippen LogP contribution in [0.4, 0.5) is 5.69 Å². The number of nitrogens with one attached hydrogen (secondary N) is 1. The standard InChI is InChI=1S/C10H14N2O3S2/c1-15-6-7-17(13,14)12-9-4-2-8(3-5-9)10(11)16/h2-5,12H,6-7H2,1H3,(H2,11,16). The maximum absolute atomic E-state index is 11.5. The molecule has 0 unspecified atom stereocenters. The largest absolute Gasteiger partial charge is 0.389 e. The van der Waals surface area contributed by atoms with Crippen molar-refractivity contribution < 1.29 is 13.2 Å². The Balaban J connectivity index is 2.72. The molecule has 0 fully saturated rings. The molecule has 0 saturated carbocycles. The number of benzene rings is 1.